The molecule has 0 unspecified atom stereocenters. The second-order valence-corrected chi connectivity index (χ2v) is 9.32. The fraction of sp³-hybridized carbons (Fsp3) is 0.500. The second-order valence-electron chi connectivity index (χ2n) is 8.51. The van der Waals surface area contributed by atoms with Crippen LogP contribution in [0.25, 0.3) is 21.5 Å². The van der Waals surface area contributed by atoms with Gasteiger partial charge in [0.1, 0.15) is 11.5 Å². The third-order valence-electron chi connectivity index (χ3n) is 5.96. The van der Waals surface area contributed by atoms with Gasteiger partial charge in [0.05, 0.1) is 23.3 Å². The lowest BCUT2D eigenvalue weighted by Gasteiger charge is -2.19. The van der Waals surface area contributed by atoms with Gasteiger partial charge in [-0.15, -0.1) is 0 Å². The Labute approximate surface area is 203 Å². The van der Waals surface area contributed by atoms with E-state index in [0.29, 0.717) is 23.3 Å². The first kappa shape index (κ1) is 25.0. The van der Waals surface area contributed by atoms with E-state index in [2.05, 4.69) is 26.0 Å². The van der Waals surface area contributed by atoms with E-state index in [9.17, 15) is 0 Å². The zero-order valence-electron chi connectivity index (χ0n) is 19.5. The molecule has 0 bridgehead atoms. The van der Waals surface area contributed by atoms with E-state index in [1.165, 1.54) is 51.4 Å². The molecule has 0 spiro atoms. The zero-order valence-corrected chi connectivity index (χ0v) is 21.0. The quantitative estimate of drug-likeness (QED) is 0.171. The van der Waals surface area contributed by atoms with E-state index < -0.39 is 0 Å². The van der Waals surface area contributed by atoms with Crippen LogP contribution < -0.4 is 9.47 Å². The minimum Gasteiger partial charge on any atom is -0.492 e. The Morgan fingerprint density at radius 2 is 0.969 bits per heavy atom. The van der Waals surface area contributed by atoms with Crippen LogP contribution in [-0.4, -0.2) is 13.2 Å². The van der Waals surface area contributed by atoms with Crippen LogP contribution in [0.15, 0.2) is 36.4 Å². The molecule has 3 aromatic rings. The molecule has 0 aliphatic carbocycles. The van der Waals surface area contributed by atoms with Crippen molar-refractivity contribution in [2.24, 2.45) is 0 Å². The monoisotopic (exact) mass is 474 g/mol. The summed E-state index contributed by atoms with van der Waals surface area (Å²) in [5.74, 6) is 1.63. The summed E-state index contributed by atoms with van der Waals surface area (Å²) in [5.41, 5.74) is 0. The van der Waals surface area contributed by atoms with Gasteiger partial charge in [-0.3, -0.25) is 0 Å². The highest BCUT2D eigenvalue weighted by Gasteiger charge is 2.20. The van der Waals surface area contributed by atoms with Gasteiger partial charge in [-0.1, -0.05) is 113 Å². The summed E-state index contributed by atoms with van der Waals surface area (Å²) in [4.78, 5) is 0. The third kappa shape index (κ3) is 6.23. The fourth-order valence-corrected chi connectivity index (χ4v) is 4.74. The maximum absolute atomic E-state index is 6.71. The molecule has 0 fully saturated rings. The number of halogens is 2. The normalized spacial score (nSPS) is 11.4. The number of rotatable bonds is 14. The average Bonchev–Trinajstić information content (AvgIpc) is 2.79. The molecule has 0 aliphatic rings. The zero-order chi connectivity index (χ0) is 22.8. The molecule has 2 nitrogen and oxygen atoms in total. The van der Waals surface area contributed by atoms with Crippen molar-refractivity contribution < 1.29 is 9.47 Å². The summed E-state index contributed by atoms with van der Waals surface area (Å²) in [6.45, 7) is 5.80. The first-order chi connectivity index (χ1) is 15.7. The van der Waals surface area contributed by atoms with Crippen LogP contribution in [0.1, 0.15) is 78.1 Å². The van der Waals surface area contributed by atoms with E-state index in [1.807, 2.05) is 24.3 Å². The number of hydrogen-bond acceptors (Lipinski definition) is 2. The summed E-state index contributed by atoms with van der Waals surface area (Å²) in [6.07, 6.45) is 11.9. The van der Waals surface area contributed by atoms with Gasteiger partial charge in [0.25, 0.3) is 0 Å². The van der Waals surface area contributed by atoms with Crippen molar-refractivity contribution in [2.45, 2.75) is 78.1 Å². The molecule has 0 N–H and O–H groups in total. The van der Waals surface area contributed by atoms with Crippen LogP contribution in [0, 0.1) is 0 Å². The van der Waals surface area contributed by atoms with Gasteiger partial charge in [0.2, 0.25) is 0 Å². The Balaban J connectivity index is 1.94. The molecule has 4 heteroatoms. The van der Waals surface area contributed by atoms with Crippen molar-refractivity contribution in [3.05, 3.63) is 46.4 Å². The van der Waals surface area contributed by atoms with E-state index in [-0.39, 0.29) is 0 Å². The van der Waals surface area contributed by atoms with Crippen molar-refractivity contribution in [3.8, 4) is 11.5 Å². The Bertz CT molecular complexity index is 918. The van der Waals surface area contributed by atoms with Crippen molar-refractivity contribution in [1.29, 1.82) is 0 Å². The largest absolute Gasteiger partial charge is 0.492 e. The lowest BCUT2D eigenvalue weighted by molar-refractivity contribution is 0.306. The molecule has 32 heavy (non-hydrogen) atoms. The molecule has 0 aliphatic heterocycles. The Morgan fingerprint density at radius 1 is 0.562 bits per heavy atom. The molecule has 0 amide bonds. The van der Waals surface area contributed by atoms with Crippen molar-refractivity contribution in [1.82, 2.24) is 0 Å². The SMILES string of the molecule is CCCCCCCOc1c2cccc(Cl)c2c(OCCCCCCC)c2cccc(Cl)c12. The molecule has 0 atom stereocenters. The van der Waals surface area contributed by atoms with Gasteiger partial charge in [0.15, 0.2) is 0 Å². The topological polar surface area (TPSA) is 18.5 Å². The Morgan fingerprint density at radius 3 is 1.38 bits per heavy atom. The Kier molecular flexibility index (Phi) is 10.3. The minimum atomic E-state index is 0.670. The summed E-state index contributed by atoms with van der Waals surface area (Å²) in [7, 11) is 0. The van der Waals surface area contributed by atoms with E-state index in [0.717, 1.165) is 45.9 Å². The maximum Gasteiger partial charge on any atom is 0.136 e. The molecular formula is C28H36Cl2O2. The summed E-state index contributed by atoms with van der Waals surface area (Å²) in [6, 6.07) is 11.9. The molecule has 3 aromatic carbocycles. The Hall–Kier alpha value is -1.64. The molecule has 0 radical (unpaired) electrons. The molecule has 0 heterocycles. The molecule has 174 valence electrons. The summed E-state index contributed by atoms with van der Waals surface area (Å²) in [5, 5.41) is 5.12. The highest BCUT2D eigenvalue weighted by molar-refractivity contribution is 6.40. The summed E-state index contributed by atoms with van der Waals surface area (Å²) >= 11 is 13.4. The predicted molar refractivity (Wildman–Crippen MR) is 140 cm³/mol. The van der Waals surface area contributed by atoms with Gasteiger partial charge in [-0.05, 0) is 25.0 Å². The predicted octanol–water partition coefficient (Wildman–Crippen LogP) is 10.00. The van der Waals surface area contributed by atoms with Gasteiger partial charge in [0, 0.05) is 21.5 Å². The van der Waals surface area contributed by atoms with Gasteiger partial charge in [-0.25, -0.2) is 0 Å². The fourth-order valence-electron chi connectivity index (χ4n) is 4.22. The van der Waals surface area contributed by atoms with Crippen molar-refractivity contribution in [2.75, 3.05) is 13.2 Å². The highest BCUT2D eigenvalue weighted by atomic mass is 35.5. The first-order valence-corrected chi connectivity index (χ1v) is 13.0. The lowest BCUT2D eigenvalue weighted by atomic mass is 10.00. The van der Waals surface area contributed by atoms with Crippen LogP contribution in [0.2, 0.25) is 10.0 Å². The molecule has 0 aromatic heterocycles. The lowest BCUT2D eigenvalue weighted by Crippen LogP contribution is -2.03. The van der Waals surface area contributed by atoms with E-state index in [4.69, 9.17) is 32.7 Å². The van der Waals surface area contributed by atoms with Crippen LogP contribution >= 0.6 is 23.2 Å². The van der Waals surface area contributed by atoms with Gasteiger partial charge >= 0.3 is 0 Å². The molecule has 3 rings (SSSR count). The second kappa shape index (κ2) is 13.2. The van der Waals surface area contributed by atoms with E-state index >= 15 is 0 Å². The van der Waals surface area contributed by atoms with E-state index in [1.54, 1.807) is 0 Å². The number of fused-ring (bicyclic) bond motifs is 2. The highest BCUT2D eigenvalue weighted by Crippen LogP contribution is 2.47. The van der Waals surface area contributed by atoms with Gasteiger partial charge in [-0.2, -0.15) is 0 Å². The first-order valence-electron chi connectivity index (χ1n) is 12.3. The van der Waals surface area contributed by atoms with Crippen LogP contribution in [0.3, 0.4) is 0 Å². The van der Waals surface area contributed by atoms with Crippen LogP contribution in [0.4, 0.5) is 0 Å². The standard InChI is InChI=1S/C28H36Cl2O2/c1-3-5-7-9-11-19-31-27-21-15-13-18-24(30)26(21)28(32-20-12-10-8-6-4-2)22-16-14-17-23(29)25(22)27/h13-18H,3-12,19-20H2,1-2H3. The third-order valence-corrected chi connectivity index (χ3v) is 6.59. The van der Waals surface area contributed by atoms with Crippen molar-refractivity contribution >= 4 is 44.7 Å². The maximum atomic E-state index is 6.71. The number of hydrogen-bond donors (Lipinski definition) is 0. The van der Waals surface area contributed by atoms with Crippen LogP contribution in [0.5, 0.6) is 11.5 Å². The summed E-state index contributed by atoms with van der Waals surface area (Å²) < 4.78 is 12.7. The number of benzene rings is 3. The number of ether oxygens (including phenoxy) is 2. The van der Waals surface area contributed by atoms with Crippen LogP contribution in [-0.2, 0) is 0 Å². The van der Waals surface area contributed by atoms with Crippen molar-refractivity contribution in [3.63, 3.8) is 0 Å². The average molecular weight is 476 g/mol. The smallest absolute Gasteiger partial charge is 0.136 e. The molecule has 0 saturated carbocycles. The minimum absolute atomic E-state index is 0.670. The van der Waals surface area contributed by atoms with Gasteiger partial charge < -0.3 is 9.47 Å². The number of unbranched alkanes of at least 4 members (excludes halogenated alkanes) is 8. The molecular weight excluding hydrogens is 439 g/mol. The molecule has 0 saturated heterocycles.